The average molecular weight is 256 g/mol. The Morgan fingerprint density at radius 1 is 1.41 bits per heavy atom. The molecule has 0 aliphatic carbocycles. The number of methoxy groups -OCH3 is 1. The van der Waals surface area contributed by atoms with Gasteiger partial charge in [0, 0.05) is 6.42 Å². The van der Waals surface area contributed by atoms with Crippen LogP contribution in [0.5, 0.6) is 5.75 Å². The second kappa shape index (κ2) is 5.31. The molecule has 0 bridgehead atoms. The van der Waals surface area contributed by atoms with E-state index >= 15 is 0 Å². The average Bonchev–Trinajstić information content (AvgIpc) is 2.28. The minimum absolute atomic E-state index is 0.0273. The highest BCUT2D eigenvalue weighted by Crippen LogP contribution is 2.22. The number of Topliss-reactive ketones (excluding diaryl/α,β-unsaturated/α-hetero) is 1. The standard InChI is InChI=1S/C12H16O4S/c1-9(13)7-10(2)17(14,15)12-6-4-5-11(8-12)16-3/h4-6,8,10H,7H2,1-3H3. The number of ether oxygens (including phenoxy) is 1. The van der Waals surface area contributed by atoms with E-state index in [-0.39, 0.29) is 17.1 Å². The molecule has 0 amide bonds. The van der Waals surface area contributed by atoms with Crippen molar-refractivity contribution in [3.05, 3.63) is 24.3 Å². The zero-order valence-electron chi connectivity index (χ0n) is 10.1. The molecule has 0 saturated carbocycles. The molecule has 1 unspecified atom stereocenters. The fourth-order valence-corrected chi connectivity index (χ4v) is 2.99. The summed E-state index contributed by atoms with van der Waals surface area (Å²) in [6.45, 7) is 2.92. The van der Waals surface area contributed by atoms with Gasteiger partial charge in [0.15, 0.2) is 9.84 Å². The van der Waals surface area contributed by atoms with Gasteiger partial charge in [-0.1, -0.05) is 6.07 Å². The van der Waals surface area contributed by atoms with Gasteiger partial charge >= 0.3 is 0 Å². The topological polar surface area (TPSA) is 60.4 Å². The molecule has 0 aliphatic heterocycles. The van der Waals surface area contributed by atoms with Crippen LogP contribution in [0.2, 0.25) is 0 Å². The molecule has 1 atom stereocenters. The third-order valence-corrected chi connectivity index (χ3v) is 4.61. The predicted octanol–water partition coefficient (Wildman–Crippen LogP) is 1.84. The molecule has 0 spiro atoms. The number of sulfone groups is 1. The van der Waals surface area contributed by atoms with Gasteiger partial charge in [-0.2, -0.15) is 0 Å². The van der Waals surface area contributed by atoms with Crippen molar-refractivity contribution < 1.29 is 17.9 Å². The summed E-state index contributed by atoms with van der Waals surface area (Å²) >= 11 is 0. The third-order valence-electron chi connectivity index (χ3n) is 2.47. The van der Waals surface area contributed by atoms with E-state index in [0.29, 0.717) is 5.75 Å². The summed E-state index contributed by atoms with van der Waals surface area (Å²) in [5.74, 6) is 0.352. The van der Waals surface area contributed by atoms with Crippen molar-refractivity contribution in [2.75, 3.05) is 7.11 Å². The van der Waals surface area contributed by atoms with Crippen LogP contribution in [0.3, 0.4) is 0 Å². The van der Waals surface area contributed by atoms with Crippen LogP contribution in [-0.4, -0.2) is 26.6 Å². The van der Waals surface area contributed by atoms with Gasteiger partial charge in [0.05, 0.1) is 17.3 Å². The monoisotopic (exact) mass is 256 g/mol. The van der Waals surface area contributed by atoms with Gasteiger partial charge in [-0.25, -0.2) is 8.42 Å². The Morgan fingerprint density at radius 2 is 2.06 bits per heavy atom. The zero-order chi connectivity index (χ0) is 13.1. The number of rotatable bonds is 5. The van der Waals surface area contributed by atoms with Gasteiger partial charge in [0.1, 0.15) is 11.5 Å². The minimum Gasteiger partial charge on any atom is -0.497 e. The van der Waals surface area contributed by atoms with Gasteiger partial charge < -0.3 is 4.74 Å². The number of carbonyl (C=O) groups excluding carboxylic acids is 1. The van der Waals surface area contributed by atoms with Crippen molar-refractivity contribution in [1.82, 2.24) is 0 Å². The van der Waals surface area contributed by atoms with Gasteiger partial charge in [-0.05, 0) is 32.0 Å². The highest BCUT2D eigenvalue weighted by molar-refractivity contribution is 7.92. The first kappa shape index (κ1) is 13.7. The molecule has 1 aromatic carbocycles. The largest absolute Gasteiger partial charge is 0.497 e. The summed E-state index contributed by atoms with van der Waals surface area (Å²) < 4.78 is 29.2. The maximum Gasteiger partial charge on any atom is 0.181 e. The Morgan fingerprint density at radius 3 is 2.59 bits per heavy atom. The predicted molar refractivity (Wildman–Crippen MR) is 64.9 cm³/mol. The molecule has 0 fully saturated rings. The van der Waals surface area contributed by atoms with Gasteiger partial charge in [0.2, 0.25) is 0 Å². The summed E-state index contributed by atoms with van der Waals surface area (Å²) in [6, 6.07) is 6.27. The third kappa shape index (κ3) is 3.30. The molecule has 4 nitrogen and oxygen atoms in total. The Bertz CT molecular complexity index is 505. The maximum absolute atomic E-state index is 12.1. The van der Waals surface area contributed by atoms with E-state index in [2.05, 4.69) is 0 Å². The zero-order valence-corrected chi connectivity index (χ0v) is 11.0. The molecular formula is C12H16O4S. The smallest absolute Gasteiger partial charge is 0.181 e. The SMILES string of the molecule is COc1cccc(S(=O)(=O)C(C)CC(C)=O)c1. The Balaban J connectivity index is 3.08. The van der Waals surface area contributed by atoms with Crippen LogP contribution in [-0.2, 0) is 14.6 Å². The molecule has 17 heavy (non-hydrogen) atoms. The quantitative estimate of drug-likeness (QED) is 0.806. The molecule has 94 valence electrons. The van der Waals surface area contributed by atoms with E-state index < -0.39 is 15.1 Å². The number of hydrogen-bond donors (Lipinski definition) is 0. The van der Waals surface area contributed by atoms with Crippen molar-refractivity contribution in [2.45, 2.75) is 30.4 Å². The second-order valence-electron chi connectivity index (χ2n) is 3.94. The van der Waals surface area contributed by atoms with Crippen LogP contribution < -0.4 is 4.74 Å². The molecule has 1 aromatic rings. The van der Waals surface area contributed by atoms with Crippen molar-refractivity contribution in [3.63, 3.8) is 0 Å². The highest BCUT2D eigenvalue weighted by Gasteiger charge is 2.24. The van der Waals surface area contributed by atoms with Crippen LogP contribution in [0.25, 0.3) is 0 Å². The lowest BCUT2D eigenvalue weighted by molar-refractivity contribution is -0.116. The summed E-state index contributed by atoms with van der Waals surface area (Å²) in [7, 11) is -1.99. The van der Waals surface area contributed by atoms with Crippen LogP contribution in [0, 0.1) is 0 Å². The lowest BCUT2D eigenvalue weighted by Gasteiger charge is -2.12. The summed E-state index contributed by atoms with van der Waals surface area (Å²) in [5, 5.41) is -0.716. The Hall–Kier alpha value is -1.36. The Kier molecular flexibility index (Phi) is 4.28. The molecule has 0 aromatic heterocycles. The van der Waals surface area contributed by atoms with Crippen LogP contribution >= 0.6 is 0 Å². The molecule has 0 radical (unpaired) electrons. The Labute approximate surface area is 102 Å². The minimum atomic E-state index is -3.47. The maximum atomic E-state index is 12.1. The number of ketones is 1. The number of hydrogen-bond acceptors (Lipinski definition) is 4. The fourth-order valence-electron chi connectivity index (χ4n) is 1.52. The molecule has 0 saturated heterocycles. The van der Waals surface area contributed by atoms with E-state index in [9.17, 15) is 13.2 Å². The second-order valence-corrected chi connectivity index (χ2v) is 6.31. The summed E-state index contributed by atoms with van der Waals surface area (Å²) in [5.41, 5.74) is 0. The number of carbonyl (C=O) groups is 1. The normalized spacial score (nSPS) is 13.1. The van der Waals surface area contributed by atoms with Crippen LogP contribution in [0.1, 0.15) is 20.3 Å². The van der Waals surface area contributed by atoms with Crippen molar-refractivity contribution in [1.29, 1.82) is 0 Å². The van der Waals surface area contributed by atoms with E-state index in [0.717, 1.165) is 0 Å². The van der Waals surface area contributed by atoms with Crippen molar-refractivity contribution >= 4 is 15.6 Å². The van der Waals surface area contributed by atoms with E-state index in [1.165, 1.54) is 33.1 Å². The molecule has 0 aliphatic rings. The molecule has 1 rings (SSSR count). The number of benzene rings is 1. The van der Waals surface area contributed by atoms with Gasteiger partial charge in [-0.3, -0.25) is 4.79 Å². The summed E-state index contributed by atoms with van der Waals surface area (Å²) in [4.78, 5) is 11.2. The molecular weight excluding hydrogens is 240 g/mol. The van der Waals surface area contributed by atoms with Crippen LogP contribution in [0.4, 0.5) is 0 Å². The van der Waals surface area contributed by atoms with Gasteiger partial charge in [0.25, 0.3) is 0 Å². The first-order chi connectivity index (χ1) is 7.87. The van der Waals surface area contributed by atoms with Gasteiger partial charge in [-0.15, -0.1) is 0 Å². The van der Waals surface area contributed by atoms with Crippen molar-refractivity contribution in [2.24, 2.45) is 0 Å². The molecule has 0 heterocycles. The lowest BCUT2D eigenvalue weighted by Crippen LogP contribution is -2.20. The van der Waals surface area contributed by atoms with Crippen LogP contribution in [0.15, 0.2) is 29.2 Å². The first-order valence-corrected chi connectivity index (χ1v) is 6.80. The summed E-state index contributed by atoms with van der Waals surface area (Å²) in [6.07, 6.45) is 0.0273. The first-order valence-electron chi connectivity index (χ1n) is 5.25. The molecule has 5 heteroatoms. The van der Waals surface area contributed by atoms with E-state index in [1.807, 2.05) is 0 Å². The van der Waals surface area contributed by atoms with E-state index in [4.69, 9.17) is 4.74 Å². The molecule has 0 N–H and O–H groups in total. The lowest BCUT2D eigenvalue weighted by atomic mass is 10.2. The fraction of sp³-hybridized carbons (Fsp3) is 0.417. The van der Waals surface area contributed by atoms with E-state index in [1.54, 1.807) is 12.1 Å². The van der Waals surface area contributed by atoms with Crippen molar-refractivity contribution in [3.8, 4) is 5.75 Å². The highest BCUT2D eigenvalue weighted by atomic mass is 32.2.